The summed E-state index contributed by atoms with van der Waals surface area (Å²) < 4.78 is 13.5. The van der Waals surface area contributed by atoms with Gasteiger partial charge in [0.05, 0.1) is 0 Å². The first-order valence-corrected chi connectivity index (χ1v) is 5.99. The van der Waals surface area contributed by atoms with Gasteiger partial charge in [-0.05, 0) is 25.5 Å². The van der Waals surface area contributed by atoms with E-state index in [0.29, 0.717) is 19.1 Å². The Morgan fingerprint density at radius 1 is 1.31 bits per heavy atom. The minimum absolute atomic E-state index is 0.108. The van der Waals surface area contributed by atoms with Crippen molar-refractivity contribution in [2.24, 2.45) is 5.73 Å². The molecule has 1 saturated heterocycles. The van der Waals surface area contributed by atoms with Crippen LogP contribution in [0, 0.1) is 5.82 Å². The zero-order valence-electron chi connectivity index (χ0n) is 9.53. The van der Waals surface area contributed by atoms with Gasteiger partial charge in [-0.1, -0.05) is 24.6 Å². The summed E-state index contributed by atoms with van der Waals surface area (Å²) in [6, 6.07) is 7.43. The summed E-state index contributed by atoms with van der Waals surface area (Å²) in [4.78, 5) is 2.31. The lowest BCUT2D eigenvalue weighted by Crippen LogP contribution is -2.43. The quantitative estimate of drug-likeness (QED) is 0.849. The van der Waals surface area contributed by atoms with E-state index in [9.17, 15) is 4.39 Å². The summed E-state index contributed by atoms with van der Waals surface area (Å²) in [6.45, 7) is 2.40. The Morgan fingerprint density at radius 3 is 2.88 bits per heavy atom. The standard InChI is InChI=1S/C13H19FN2/c14-13-7-2-1-5-11(13)10-16-8-4-3-6-12(16)9-15/h1-2,5,7,12H,3-4,6,8-10,15H2. The lowest BCUT2D eigenvalue weighted by Gasteiger charge is -2.35. The molecule has 1 fully saturated rings. The molecule has 0 saturated carbocycles. The van der Waals surface area contributed by atoms with Crippen LogP contribution in [0.5, 0.6) is 0 Å². The highest BCUT2D eigenvalue weighted by Gasteiger charge is 2.21. The van der Waals surface area contributed by atoms with Crippen molar-refractivity contribution >= 4 is 0 Å². The number of nitrogens with two attached hydrogens (primary N) is 1. The van der Waals surface area contributed by atoms with Crippen LogP contribution < -0.4 is 5.73 Å². The van der Waals surface area contributed by atoms with Gasteiger partial charge in [0.15, 0.2) is 0 Å². The second kappa shape index (κ2) is 5.41. The van der Waals surface area contributed by atoms with Crippen molar-refractivity contribution in [2.45, 2.75) is 31.8 Å². The third-order valence-electron chi connectivity index (χ3n) is 3.35. The molecule has 2 rings (SSSR count). The summed E-state index contributed by atoms with van der Waals surface area (Å²) >= 11 is 0. The van der Waals surface area contributed by atoms with E-state index < -0.39 is 0 Å². The van der Waals surface area contributed by atoms with Crippen LogP contribution in [0.4, 0.5) is 4.39 Å². The van der Waals surface area contributed by atoms with Gasteiger partial charge < -0.3 is 5.73 Å². The van der Waals surface area contributed by atoms with Gasteiger partial charge in [0.25, 0.3) is 0 Å². The molecule has 0 radical (unpaired) electrons. The predicted molar refractivity (Wildman–Crippen MR) is 63.5 cm³/mol. The van der Waals surface area contributed by atoms with Gasteiger partial charge in [-0.3, -0.25) is 4.90 Å². The van der Waals surface area contributed by atoms with Crippen molar-refractivity contribution in [1.82, 2.24) is 4.90 Å². The molecule has 16 heavy (non-hydrogen) atoms. The Bertz CT molecular complexity index is 340. The molecule has 2 N–H and O–H groups in total. The number of benzene rings is 1. The molecule has 1 heterocycles. The van der Waals surface area contributed by atoms with E-state index in [-0.39, 0.29) is 5.82 Å². The Balaban J connectivity index is 2.05. The number of hydrogen-bond donors (Lipinski definition) is 1. The van der Waals surface area contributed by atoms with Crippen LogP contribution in [0.3, 0.4) is 0 Å². The molecule has 0 amide bonds. The second-order valence-electron chi connectivity index (χ2n) is 4.45. The van der Waals surface area contributed by atoms with Crippen LogP contribution in [-0.4, -0.2) is 24.0 Å². The van der Waals surface area contributed by atoms with E-state index in [1.54, 1.807) is 6.07 Å². The Hall–Kier alpha value is -0.930. The average Bonchev–Trinajstić information content (AvgIpc) is 2.33. The van der Waals surface area contributed by atoms with Crippen molar-refractivity contribution in [2.75, 3.05) is 13.1 Å². The minimum atomic E-state index is -0.108. The van der Waals surface area contributed by atoms with Gasteiger partial charge >= 0.3 is 0 Å². The molecule has 1 aliphatic rings. The predicted octanol–water partition coefficient (Wildman–Crippen LogP) is 2.14. The van der Waals surface area contributed by atoms with Crippen molar-refractivity contribution in [3.63, 3.8) is 0 Å². The molecule has 1 aliphatic heterocycles. The largest absolute Gasteiger partial charge is 0.329 e. The van der Waals surface area contributed by atoms with Crippen molar-refractivity contribution in [1.29, 1.82) is 0 Å². The van der Waals surface area contributed by atoms with Gasteiger partial charge in [-0.2, -0.15) is 0 Å². The van der Waals surface area contributed by atoms with Gasteiger partial charge in [0.1, 0.15) is 5.82 Å². The molecule has 1 aromatic carbocycles. The molecular weight excluding hydrogens is 203 g/mol. The van der Waals surface area contributed by atoms with Crippen LogP contribution >= 0.6 is 0 Å². The van der Waals surface area contributed by atoms with Crippen LogP contribution in [0.2, 0.25) is 0 Å². The van der Waals surface area contributed by atoms with Crippen LogP contribution in [-0.2, 0) is 6.54 Å². The van der Waals surface area contributed by atoms with Gasteiger partial charge in [-0.25, -0.2) is 4.39 Å². The first kappa shape index (κ1) is 11.6. The van der Waals surface area contributed by atoms with Crippen molar-refractivity contribution < 1.29 is 4.39 Å². The van der Waals surface area contributed by atoms with Gasteiger partial charge in [-0.15, -0.1) is 0 Å². The highest BCUT2D eigenvalue weighted by molar-refractivity contribution is 5.17. The fraction of sp³-hybridized carbons (Fsp3) is 0.538. The zero-order valence-corrected chi connectivity index (χ0v) is 9.53. The SMILES string of the molecule is NCC1CCCCN1Cc1ccccc1F. The first-order chi connectivity index (χ1) is 7.81. The molecule has 0 spiro atoms. The molecule has 88 valence electrons. The molecule has 0 aliphatic carbocycles. The fourth-order valence-corrected chi connectivity index (χ4v) is 2.38. The van der Waals surface area contributed by atoms with E-state index in [1.807, 2.05) is 12.1 Å². The van der Waals surface area contributed by atoms with Gasteiger partial charge in [0.2, 0.25) is 0 Å². The van der Waals surface area contributed by atoms with E-state index in [4.69, 9.17) is 5.73 Å². The number of piperidine rings is 1. The fourth-order valence-electron chi connectivity index (χ4n) is 2.38. The van der Waals surface area contributed by atoms with E-state index in [0.717, 1.165) is 18.5 Å². The summed E-state index contributed by atoms with van der Waals surface area (Å²) in [5, 5.41) is 0. The van der Waals surface area contributed by atoms with Crippen LogP contribution in [0.15, 0.2) is 24.3 Å². The summed E-state index contributed by atoms with van der Waals surface area (Å²) in [6.07, 6.45) is 3.59. The zero-order chi connectivity index (χ0) is 11.4. The summed E-state index contributed by atoms with van der Waals surface area (Å²) in [5.74, 6) is -0.108. The Kier molecular flexibility index (Phi) is 3.91. The number of rotatable bonds is 3. The van der Waals surface area contributed by atoms with Crippen LogP contribution in [0.25, 0.3) is 0 Å². The first-order valence-electron chi connectivity index (χ1n) is 5.99. The molecule has 1 aromatic rings. The van der Waals surface area contributed by atoms with Crippen molar-refractivity contribution in [3.8, 4) is 0 Å². The second-order valence-corrected chi connectivity index (χ2v) is 4.45. The topological polar surface area (TPSA) is 29.3 Å². The number of likely N-dealkylation sites (tertiary alicyclic amines) is 1. The number of halogens is 1. The third-order valence-corrected chi connectivity index (χ3v) is 3.35. The molecule has 0 aromatic heterocycles. The maximum atomic E-state index is 13.5. The average molecular weight is 222 g/mol. The van der Waals surface area contributed by atoms with E-state index in [2.05, 4.69) is 4.90 Å². The molecule has 2 nitrogen and oxygen atoms in total. The van der Waals surface area contributed by atoms with E-state index in [1.165, 1.54) is 18.9 Å². The lowest BCUT2D eigenvalue weighted by atomic mass is 10.0. The maximum Gasteiger partial charge on any atom is 0.127 e. The Labute approximate surface area is 96.2 Å². The van der Waals surface area contributed by atoms with Crippen molar-refractivity contribution in [3.05, 3.63) is 35.6 Å². The smallest absolute Gasteiger partial charge is 0.127 e. The summed E-state index contributed by atoms with van der Waals surface area (Å²) in [5.41, 5.74) is 6.53. The molecule has 1 unspecified atom stereocenters. The molecular formula is C13H19FN2. The maximum absolute atomic E-state index is 13.5. The normalized spacial score (nSPS) is 22.2. The molecule has 0 bridgehead atoms. The summed E-state index contributed by atoms with van der Waals surface area (Å²) in [7, 11) is 0. The highest BCUT2D eigenvalue weighted by atomic mass is 19.1. The molecule has 3 heteroatoms. The monoisotopic (exact) mass is 222 g/mol. The lowest BCUT2D eigenvalue weighted by molar-refractivity contribution is 0.143. The third kappa shape index (κ3) is 2.60. The highest BCUT2D eigenvalue weighted by Crippen LogP contribution is 2.19. The Morgan fingerprint density at radius 2 is 2.12 bits per heavy atom. The number of hydrogen-bond acceptors (Lipinski definition) is 2. The van der Waals surface area contributed by atoms with Gasteiger partial charge in [0, 0.05) is 24.7 Å². The number of nitrogens with zero attached hydrogens (tertiary/aromatic N) is 1. The molecule has 1 atom stereocenters. The minimum Gasteiger partial charge on any atom is -0.329 e. The van der Waals surface area contributed by atoms with Crippen LogP contribution in [0.1, 0.15) is 24.8 Å². The van der Waals surface area contributed by atoms with E-state index >= 15 is 0 Å².